The molecule has 2 heterocycles. The summed E-state index contributed by atoms with van der Waals surface area (Å²) in [4.78, 5) is 17.3. The van der Waals surface area contributed by atoms with Crippen molar-refractivity contribution in [2.24, 2.45) is 4.99 Å². The average molecular weight is 290 g/mol. The predicted molar refractivity (Wildman–Crippen MR) is 77.3 cm³/mol. The first-order valence-corrected chi connectivity index (χ1v) is 7.02. The number of aromatic nitrogens is 1. The first kappa shape index (κ1) is 12.9. The average Bonchev–Trinajstić information content (AvgIpc) is 3.04. The summed E-state index contributed by atoms with van der Waals surface area (Å²) >= 11 is 1.41. The third-order valence-corrected chi connectivity index (χ3v) is 4.23. The van der Waals surface area contributed by atoms with Crippen molar-refractivity contribution in [3.63, 3.8) is 0 Å². The summed E-state index contributed by atoms with van der Waals surface area (Å²) in [5.74, 6) is 1.40. The smallest absolute Gasteiger partial charge is 0.270 e. The number of nitrogens with zero attached hydrogens (tertiary/aromatic N) is 2. The molecule has 2 aromatic rings. The van der Waals surface area contributed by atoms with E-state index in [1.165, 1.54) is 11.3 Å². The van der Waals surface area contributed by atoms with Gasteiger partial charge in [0, 0.05) is 18.2 Å². The third kappa shape index (κ3) is 2.12. The van der Waals surface area contributed by atoms with Crippen LogP contribution in [-0.2, 0) is 6.54 Å². The van der Waals surface area contributed by atoms with Crippen molar-refractivity contribution in [1.82, 2.24) is 4.57 Å². The summed E-state index contributed by atoms with van der Waals surface area (Å²) in [6.07, 6.45) is 1.84. The summed E-state index contributed by atoms with van der Waals surface area (Å²) < 4.78 is 12.9. The Balaban J connectivity index is 2.15. The molecule has 5 nitrogen and oxygen atoms in total. The lowest BCUT2D eigenvalue weighted by atomic mass is 10.2. The van der Waals surface area contributed by atoms with Gasteiger partial charge < -0.3 is 9.47 Å². The van der Waals surface area contributed by atoms with Crippen LogP contribution in [0.3, 0.4) is 0 Å². The van der Waals surface area contributed by atoms with Crippen LogP contribution in [0.5, 0.6) is 11.5 Å². The van der Waals surface area contributed by atoms with Gasteiger partial charge in [-0.25, -0.2) is 0 Å². The van der Waals surface area contributed by atoms with Crippen LogP contribution < -0.4 is 24.4 Å². The molecule has 1 aromatic carbocycles. The quantitative estimate of drug-likeness (QED) is 0.821. The van der Waals surface area contributed by atoms with Gasteiger partial charge in [0.2, 0.25) is 0 Å². The van der Waals surface area contributed by atoms with Crippen LogP contribution in [0.1, 0.15) is 5.56 Å². The van der Waals surface area contributed by atoms with Crippen molar-refractivity contribution in [3.05, 3.63) is 43.5 Å². The van der Waals surface area contributed by atoms with Crippen LogP contribution in [0.2, 0.25) is 0 Å². The maximum Gasteiger partial charge on any atom is 0.270 e. The van der Waals surface area contributed by atoms with E-state index in [-0.39, 0.29) is 5.56 Å². The molecule has 6 heteroatoms. The first-order valence-electron chi connectivity index (χ1n) is 6.21. The molecule has 0 amide bonds. The van der Waals surface area contributed by atoms with Crippen molar-refractivity contribution >= 4 is 17.4 Å². The molecule has 1 aliphatic rings. The van der Waals surface area contributed by atoms with Gasteiger partial charge in [-0.15, -0.1) is 0 Å². The fourth-order valence-corrected chi connectivity index (χ4v) is 3.17. The summed E-state index contributed by atoms with van der Waals surface area (Å²) in [6.45, 7) is 1.38. The van der Waals surface area contributed by atoms with Crippen molar-refractivity contribution < 1.29 is 9.47 Å². The summed E-state index contributed by atoms with van der Waals surface area (Å²) in [6, 6.07) is 5.52. The van der Waals surface area contributed by atoms with E-state index in [1.54, 1.807) is 24.9 Å². The van der Waals surface area contributed by atoms with E-state index < -0.39 is 0 Å². The molecule has 0 saturated carbocycles. The van der Waals surface area contributed by atoms with E-state index in [4.69, 9.17) is 9.47 Å². The second kappa shape index (κ2) is 5.13. The highest BCUT2D eigenvalue weighted by molar-refractivity contribution is 7.07. The summed E-state index contributed by atoms with van der Waals surface area (Å²) in [5, 5.41) is 0. The molecule has 0 atom stereocenters. The lowest BCUT2D eigenvalue weighted by Gasteiger charge is -2.06. The Labute approximate surface area is 119 Å². The highest BCUT2D eigenvalue weighted by Crippen LogP contribution is 2.24. The molecule has 0 fully saturated rings. The highest BCUT2D eigenvalue weighted by atomic mass is 32.1. The summed E-state index contributed by atoms with van der Waals surface area (Å²) in [5.41, 5.74) is 0.870. The Morgan fingerprint density at radius 2 is 2.20 bits per heavy atom. The standard InChI is InChI=1S/C14H14N2O3S/c1-18-10-4-3-9(11(8-10)19-2)7-12-13(17)16-6-5-15-14(16)20-12/h3-4,7-8H,5-6H2,1-2H3/b12-7+. The van der Waals surface area contributed by atoms with Gasteiger partial charge in [0.25, 0.3) is 5.56 Å². The molecule has 0 spiro atoms. The Kier molecular flexibility index (Phi) is 3.31. The molecule has 0 aliphatic carbocycles. The van der Waals surface area contributed by atoms with Crippen LogP contribution in [-0.4, -0.2) is 25.3 Å². The SMILES string of the molecule is COc1ccc(/C=c2/sc3n(c2=O)CCN=3)c(OC)c1. The zero-order valence-electron chi connectivity index (χ0n) is 11.3. The number of fused-ring (bicyclic) bond motifs is 1. The minimum absolute atomic E-state index is 0.0177. The normalized spacial score (nSPS) is 14.0. The molecule has 104 valence electrons. The third-order valence-electron chi connectivity index (χ3n) is 3.19. The minimum atomic E-state index is 0.0177. The molecule has 3 rings (SSSR count). The Hall–Kier alpha value is -2.08. The number of methoxy groups -OCH3 is 2. The van der Waals surface area contributed by atoms with Crippen molar-refractivity contribution in [2.45, 2.75) is 6.54 Å². The zero-order chi connectivity index (χ0) is 14.1. The van der Waals surface area contributed by atoms with Gasteiger partial charge in [-0.3, -0.25) is 14.4 Å². The largest absolute Gasteiger partial charge is 0.497 e. The van der Waals surface area contributed by atoms with Gasteiger partial charge in [0.05, 0.1) is 25.3 Å². The molecular formula is C14H14N2O3S. The van der Waals surface area contributed by atoms with Crippen LogP contribution in [0.25, 0.3) is 6.08 Å². The lowest BCUT2D eigenvalue weighted by molar-refractivity contribution is 0.393. The molecule has 0 radical (unpaired) electrons. The number of hydrogen-bond donors (Lipinski definition) is 0. The van der Waals surface area contributed by atoms with Gasteiger partial charge in [-0.1, -0.05) is 11.3 Å². The zero-order valence-corrected chi connectivity index (χ0v) is 12.1. The van der Waals surface area contributed by atoms with Crippen LogP contribution in [0, 0.1) is 0 Å². The maximum absolute atomic E-state index is 12.2. The topological polar surface area (TPSA) is 52.8 Å². The molecular weight excluding hydrogens is 276 g/mol. The molecule has 0 bridgehead atoms. The fraction of sp³-hybridized carbons (Fsp3) is 0.286. The van der Waals surface area contributed by atoms with E-state index in [2.05, 4.69) is 4.99 Å². The van der Waals surface area contributed by atoms with Crippen LogP contribution in [0.4, 0.5) is 0 Å². The molecule has 0 saturated heterocycles. The van der Waals surface area contributed by atoms with Gasteiger partial charge in [0.1, 0.15) is 11.5 Å². The van der Waals surface area contributed by atoms with Crippen molar-refractivity contribution in [1.29, 1.82) is 0 Å². The van der Waals surface area contributed by atoms with Gasteiger partial charge in [-0.05, 0) is 18.2 Å². The van der Waals surface area contributed by atoms with Crippen molar-refractivity contribution in [3.8, 4) is 11.5 Å². The van der Waals surface area contributed by atoms with E-state index >= 15 is 0 Å². The second-order valence-electron chi connectivity index (χ2n) is 4.34. The number of thiazole rings is 1. The van der Waals surface area contributed by atoms with E-state index in [0.29, 0.717) is 23.4 Å². The molecule has 0 N–H and O–H groups in total. The molecule has 20 heavy (non-hydrogen) atoms. The first-order chi connectivity index (χ1) is 9.72. The number of rotatable bonds is 3. The van der Waals surface area contributed by atoms with E-state index in [1.807, 2.05) is 18.2 Å². The number of ether oxygens (including phenoxy) is 2. The molecule has 1 aromatic heterocycles. The summed E-state index contributed by atoms with van der Waals surface area (Å²) in [7, 11) is 3.21. The number of hydrogen-bond acceptors (Lipinski definition) is 5. The second-order valence-corrected chi connectivity index (χ2v) is 5.35. The fourth-order valence-electron chi connectivity index (χ4n) is 2.15. The van der Waals surface area contributed by atoms with Gasteiger partial charge >= 0.3 is 0 Å². The van der Waals surface area contributed by atoms with Gasteiger partial charge in [-0.2, -0.15) is 0 Å². The van der Waals surface area contributed by atoms with Gasteiger partial charge in [0.15, 0.2) is 4.80 Å². The number of benzene rings is 1. The molecule has 1 aliphatic heterocycles. The highest BCUT2D eigenvalue weighted by Gasteiger charge is 2.10. The monoisotopic (exact) mass is 290 g/mol. The predicted octanol–water partition coefficient (Wildman–Crippen LogP) is 0.389. The van der Waals surface area contributed by atoms with E-state index in [0.717, 1.165) is 16.1 Å². The molecule has 0 unspecified atom stereocenters. The Morgan fingerprint density at radius 3 is 2.90 bits per heavy atom. The van der Waals surface area contributed by atoms with Crippen LogP contribution in [0.15, 0.2) is 28.0 Å². The maximum atomic E-state index is 12.2. The lowest BCUT2D eigenvalue weighted by Crippen LogP contribution is -2.29. The minimum Gasteiger partial charge on any atom is -0.497 e. The Bertz CT molecular complexity index is 820. The van der Waals surface area contributed by atoms with Crippen LogP contribution >= 0.6 is 11.3 Å². The van der Waals surface area contributed by atoms with E-state index in [9.17, 15) is 4.79 Å². The Morgan fingerprint density at radius 1 is 1.35 bits per heavy atom. The van der Waals surface area contributed by atoms with Crippen molar-refractivity contribution in [2.75, 3.05) is 20.8 Å².